The van der Waals surface area contributed by atoms with Crippen LogP contribution in [0.1, 0.15) is 23.6 Å². The molecule has 0 saturated carbocycles. The molecule has 26 heavy (non-hydrogen) atoms. The Morgan fingerprint density at radius 2 is 1.92 bits per heavy atom. The normalized spacial score (nSPS) is 16.2. The number of ether oxygens (including phenoxy) is 2. The van der Waals surface area contributed by atoms with Crippen LogP contribution in [-0.4, -0.2) is 25.9 Å². The Kier molecular flexibility index (Phi) is 6.12. The second-order valence-corrected chi connectivity index (χ2v) is 7.43. The third kappa shape index (κ3) is 4.54. The van der Waals surface area contributed by atoms with Gasteiger partial charge in [0.15, 0.2) is 0 Å². The summed E-state index contributed by atoms with van der Waals surface area (Å²) in [7, 11) is 3.19. The maximum atomic E-state index is 12.4. The van der Waals surface area contributed by atoms with Gasteiger partial charge in [-0.3, -0.25) is 4.79 Å². The maximum absolute atomic E-state index is 12.4. The quantitative estimate of drug-likeness (QED) is 0.751. The van der Waals surface area contributed by atoms with Crippen molar-refractivity contribution >= 4 is 35.3 Å². The number of methoxy groups -OCH3 is 2. The summed E-state index contributed by atoms with van der Waals surface area (Å²) in [6.45, 7) is 0. The number of thioether (sulfide) groups is 1. The summed E-state index contributed by atoms with van der Waals surface area (Å²) in [6, 6.07) is 11.3. The monoisotopic (exact) mass is 389 g/mol. The zero-order valence-corrected chi connectivity index (χ0v) is 16.2. The SMILES string of the molecule is COc1cc(/C=C/C(=O)NC2CCSc3ccc(Cl)cc32)cc(OC)c1. The molecule has 1 amide bonds. The van der Waals surface area contributed by atoms with Gasteiger partial charge in [0.05, 0.1) is 20.3 Å². The van der Waals surface area contributed by atoms with E-state index in [1.807, 2.05) is 30.3 Å². The fourth-order valence-corrected chi connectivity index (χ4v) is 4.12. The second kappa shape index (κ2) is 8.52. The van der Waals surface area contributed by atoms with Crippen molar-refractivity contribution in [3.05, 3.63) is 58.6 Å². The minimum absolute atomic E-state index is 0.0260. The van der Waals surface area contributed by atoms with Gasteiger partial charge in [0.1, 0.15) is 11.5 Å². The first-order chi connectivity index (χ1) is 12.6. The van der Waals surface area contributed by atoms with E-state index in [2.05, 4.69) is 5.32 Å². The summed E-state index contributed by atoms with van der Waals surface area (Å²) in [6.07, 6.45) is 4.15. The third-order valence-electron chi connectivity index (χ3n) is 4.13. The number of hydrogen-bond donors (Lipinski definition) is 1. The van der Waals surface area contributed by atoms with E-state index >= 15 is 0 Å². The Balaban J connectivity index is 1.72. The van der Waals surface area contributed by atoms with Crippen molar-refractivity contribution in [2.75, 3.05) is 20.0 Å². The van der Waals surface area contributed by atoms with Crippen molar-refractivity contribution in [2.45, 2.75) is 17.4 Å². The second-order valence-electron chi connectivity index (χ2n) is 5.86. The number of rotatable bonds is 5. The lowest BCUT2D eigenvalue weighted by atomic mass is 10.0. The Morgan fingerprint density at radius 3 is 2.62 bits per heavy atom. The molecule has 1 heterocycles. The highest BCUT2D eigenvalue weighted by molar-refractivity contribution is 7.99. The van der Waals surface area contributed by atoms with Gasteiger partial charge < -0.3 is 14.8 Å². The van der Waals surface area contributed by atoms with Crippen molar-refractivity contribution in [3.63, 3.8) is 0 Å². The van der Waals surface area contributed by atoms with Gasteiger partial charge in [0, 0.05) is 27.8 Å². The topological polar surface area (TPSA) is 47.6 Å². The van der Waals surface area contributed by atoms with Crippen LogP contribution in [0.2, 0.25) is 5.02 Å². The van der Waals surface area contributed by atoms with Crippen LogP contribution in [0, 0.1) is 0 Å². The maximum Gasteiger partial charge on any atom is 0.244 e. The van der Waals surface area contributed by atoms with E-state index in [1.165, 1.54) is 11.0 Å². The van der Waals surface area contributed by atoms with Crippen molar-refractivity contribution in [3.8, 4) is 11.5 Å². The molecule has 3 rings (SSSR count). The van der Waals surface area contributed by atoms with E-state index in [1.54, 1.807) is 38.1 Å². The van der Waals surface area contributed by atoms with E-state index in [0.29, 0.717) is 16.5 Å². The van der Waals surface area contributed by atoms with E-state index in [9.17, 15) is 4.79 Å². The minimum Gasteiger partial charge on any atom is -0.497 e. The summed E-state index contributed by atoms with van der Waals surface area (Å²) in [5.41, 5.74) is 1.91. The molecule has 2 aromatic rings. The molecule has 0 aliphatic carbocycles. The van der Waals surface area contributed by atoms with Crippen LogP contribution in [0.25, 0.3) is 6.08 Å². The average Bonchev–Trinajstić information content (AvgIpc) is 2.66. The highest BCUT2D eigenvalue weighted by atomic mass is 35.5. The van der Waals surface area contributed by atoms with Crippen LogP contribution < -0.4 is 14.8 Å². The molecular formula is C20H20ClNO3S. The number of hydrogen-bond acceptors (Lipinski definition) is 4. The van der Waals surface area contributed by atoms with E-state index in [-0.39, 0.29) is 11.9 Å². The number of carbonyl (C=O) groups is 1. The molecule has 0 bridgehead atoms. The van der Waals surface area contributed by atoms with Crippen molar-refractivity contribution in [2.24, 2.45) is 0 Å². The fraction of sp³-hybridized carbons (Fsp3) is 0.250. The van der Waals surface area contributed by atoms with Gasteiger partial charge in [-0.25, -0.2) is 0 Å². The van der Waals surface area contributed by atoms with Crippen LogP contribution in [0.3, 0.4) is 0 Å². The van der Waals surface area contributed by atoms with E-state index in [4.69, 9.17) is 21.1 Å². The summed E-state index contributed by atoms with van der Waals surface area (Å²) in [5.74, 6) is 2.18. The molecular weight excluding hydrogens is 370 g/mol. The highest BCUT2D eigenvalue weighted by Crippen LogP contribution is 2.37. The molecule has 1 N–H and O–H groups in total. The minimum atomic E-state index is -0.144. The molecule has 2 aromatic carbocycles. The van der Waals surface area contributed by atoms with Gasteiger partial charge in [0.2, 0.25) is 5.91 Å². The first-order valence-corrected chi connectivity index (χ1v) is 9.59. The number of amides is 1. The van der Waals surface area contributed by atoms with Gasteiger partial charge in [0.25, 0.3) is 0 Å². The molecule has 4 nitrogen and oxygen atoms in total. The predicted octanol–water partition coefficient (Wildman–Crippen LogP) is 4.72. The van der Waals surface area contributed by atoms with E-state index in [0.717, 1.165) is 23.3 Å². The smallest absolute Gasteiger partial charge is 0.244 e. The van der Waals surface area contributed by atoms with Crippen LogP contribution >= 0.6 is 23.4 Å². The van der Waals surface area contributed by atoms with Gasteiger partial charge >= 0.3 is 0 Å². The fourth-order valence-electron chi connectivity index (χ4n) is 2.83. The number of halogens is 1. The molecule has 0 spiro atoms. The number of carbonyl (C=O) groups excluding carboxylic acids is 1. The first-order valence-electron chi connectivity index (χ1n) is 8.23. The lowest BCUT2D eigenvalue weighted by Crippen LogP contribution is -2.29. The third-order valence-corrected chi connectivity index (χ3v) is 5.49. The zero-order valence-electron chi connectivity index (χ0n) is 14.6. The molecule has 1 unspecified atom stereocenters. The molecule has 6 heteroatoms. The van der Waals surface area contributed by atoms with Crippen molar-refractivity contribution in [1.82, 2.24) is 5.32 Å². The highest BCUT2D eigenvalue weighted by Gasteiger charge is 2.21. The van der Waals surface area contributed by atoms with Crippen molar-refractivity contribution < 1.29 is 14.3 Å². The van der Waals surface area contributed by atoms with E-state index < -0.39 is 0 Å². The standard InChI is InChI=1S/C20H20ClNO3S/c1-24-15-9-13(10-16(12-15)25-2)3-6-20(23)22-18-7-8-26-19-5-4-14(21)11-17(18)19/h3-6,9-12,18H,7-8H2,1-2H3,(H,22,23)/b6-3+. The largest absolute Gasteiger partial charge is 0.497 e. The molecule has 1 atom stereocenters. The van der Waals surface area contributed by atoms with Gasteiger partial charge in [-0.2, -0.15) is 0 Å². The summed E-state index contributed by atoms with van der Waals surface area (Å²) in [5, 5.41) is 3.75. The van der Waals surface area contributed by atoms with Gasteiger partial charge in [-0.05, 0) is 54.0 Å². The molecule has 0 saturated heterocycles. The molecule has 0 fully saturated rings. The van der Waals surface area contributed by atoms with Crippen LogP contribution in [-0.2, 0) is 4.79 Å². The Morgan fingerprint density at radius 1 is 1.19 bits per heavy atom. The summed E-state index contributed by atoms with van der Waals surface area (Å²) < 4.78 is 10.5. The summed E-state index contributed by atoms with van der Waals surface area (Å²) >= 11 is 7.91. The molecule has 1 aliphatic rings. The van der Waals surface area contributed by atoms with Crippen molar-refractivity contribution in [1.29, 1.82) is 0 Å². The van der Waals surface area contributed by atoms with Crippen LogP contribution in [0.5, 0.6) is 11.5 Å². The average molecular weight is 390 g/mol. The van der Waals surface area contributed by atoms with Gasteiger partial charge in [-0.15, -0.1) is 11.8 Å². The summed E-state index contributed by atoms with van der Waals surface area (Å²) in [4.78, 5) is 13.6. The zero-order chi connectivity index (χ0) is 18.5. The van der Waals surface area contributed by atoms with Crippen LogP contribution in [0.4, 0.5) is 0 Å². The first kappa shape index (κ1) is 18.7. The Labute approximate surface area is 162 Å². The predicted molar refractivity (Wildman–Crippen MR) is 106 cm³/mol. The number of benzene rings is 2. The lowest BCUT2D eigenvalue weighted by Gasteiger charge is -2.25. The number of nitrogens with one attached hydrogen (secondary N) is 1. The van der Waals surface area contributed by atoms with Crippen LogP contribution in [0.15, 0.2) is 47.4 Å². The Bertz CT molecular complexity index is 816. The molecule has 1 aliphatic heterocycles. The molecule has 136 valence electrons. The number of fused-ring (bicyclic) bond motifs is 1. The molecule has 0 radical (unpaired) electrons. The molecule has 0 aromatic heterocycles. The van der Waals surface area contributed by atoms with Gasteiger partial charge in [-0.1, -0.05) is 11.6 Å². The lowest BCUT2D eigenvalue weighted by molar-refractivity contribution is -0.117. The Hall–Kier alpha value is -2.11.